The quantitative estimate of drug-likeness (QED) is 0.0469. The van der Waals surface area contributed by atoms with Crippen LogP contribution in [0.4, 0.5) is 20.2 Å². The molecule has 0 spiro atoms. The predicted molar refractivity (Wildman–Crippen MR) is 186 cm³/mol. The molecular formula is C38H29F2K4N3O14. The first-order valence-corrected chi connectivity index (χ1v) is 16.7. The number of carbonyl (C=O) groups is 5. The van der Waals surface area contributed by atoms with Crippen LogP contribution in [0.1, 0.15) is 5.56 Å². The molecule has 5 rings (SSSR count). The van der Waals surface area contributed by atoms with E-state index in [9.17, 15) is 63.1 Å². The molecule has 23 heteroatoms. The molecule has 1 aliphatic carbocycles. The minimum Gasteiger partial charge on any atom is -0.548 e. The van der Waals surface area contributed by atoms with Gasteiger partial charge in [0.1, 0.15) is 36.1 Å². The van der Waals surface area contributed by atoms with E-state index in [1.807, 2.05) is 0 Å². The Kier molecular flexibility index (Phi) is 25.6. The van der Waals surface area contributed by atoms with Crippen molar-refractivity contribution >= 4 is 52.1 Å². The van der Waals surface area contributed by atoms with Crippen molar-refractivity contribution in [2.75, 3.05) is 56.2 Å². The number of nitrogens with one attached hydrogen (secondary N) is 1. The number of hydrogen-bond acceptors (Lipinski definition) is 16. The summed E-state index contributed by atoms with van der Waals surface area (Å²) in [5, 5.41) is 58.8. The number of hydrogen-bond donors (Lipinski definition) is 2. The predicted octanol–water partition coefficient (Wildman–Crippen LogP) is -14.1. The van der Waals surface area contributed by atoms with E-state index in [4.69, 9.17) is 13.9 Å². The second-order valence-corrected chi connectivity index (χ2v) is 12.3. The summed E-state index contributed by atoms with van der Waals surface area (Å²) in [5.74, 6) is -10.6. The van der Waals surface area contributed by atoms with Crippen molar-refractivity contribution in [3.05, 3.63) is 88.1 Å². The van der Waals surface area contributed by atoms with Crippen LogP contribution in [0, 0.1) is 11.6 Å². The van der Waals surface area contributed by atoms with Crippen LogP contribution in [0.25, 0.3) is 33.4 Å². The van der Waals surface area contributed by atoms with E-state index < -0.39 is 85.4 Å². The largest absolute Gasteiger partial charge is 1.00 e. The number of anilines is 2. The molecule has 61 heavy (non-hydrogen) atoms. The van der Waals surface area contributed by atoms with E-state index in [2.05, 4.69) is 5.32 Å². The van der Waals surface area contributed by atoms with Crippen LogP contribution in [-0.2, 0) is 30.4 Å². The summed E-state index contributed by atoms with van der Waals surface area (Å²) in [6, 6.07) is 11.5. The zero-order chi connectivity index (χ0) is 41.6. The standard InChI is InChI=1S/C38H33F2N3O14.4K/c1-41-33(46)9-19-2-5-29(26(8-19)43(17-36(51)52)18-37(53)54)55-6-7-56-32-10-20(3-4-25(32)42(15-34(47)48)16-35(49)50)38-21-11-23(39)27(44)13-30(21)57-31-14-28(45)24(40)12-22(31)38;;;;/h2-5,8,10-14,44H,6-7,9,15-18H2,1H3,(H,41,46)(H,47,48)(H,49,50)(H,51,52)(H,53,54);;;;/q;4*+1/p-4. The summed E-state index contributed by atoms with van der Waals surface area (Å²) >= 11 is 0. The number of benzene rings is 4. The number of phenols is 1. The number of aromatic hydroxyl groups is 1. The van der Waals surface area contributed by atoms with Crippen molar-refractivity contribution < 1.29 is 278 Å². The number of carbonyl (C=O) groups excluding carboxylic acids is 5. The van der Waals surface area contributed by atoms with Gasteiger partial charge in [-0.2, -0.15) is 0 Å². The Labute approximate surface area is 515 Å². The van der Waals surface area contributed by atoms with E-state index >= 15 is 0 Å². The number of rotatable bonds is 18. The summed E-state index contributed by atoms with van der Waals surface area (Å²) in [7, 11) is 1.39. The molecule has 17 nitrogen and oxygen atoms in total. The molecule has 1 amide bonds. The summed E-state index contributed by atoms with van der Waals surface area (Å²) < 4.78 is 46.9. The van der Waals surface area contributed by atoms with Gasteiger partial charge in [0.25, 0.3) is 0 Å². The molecule has 0 atom stereocenters. The summed E-state index contributed by atoms with van der Waals surface area (Å²) in [6.45, 7) is -4.54. The van der Waals surface area contributed by atoms with Crippen LogP contribution in [0.5, 0.6) is 17.2 Å². The fourth-order valence-electron chi connectivity index (χ4n) is 5.95. The Morgan fingerprint density at radius 2 is 1.26 bits per heavy atom. The second kappa shape index (κ2) is 26.9. The number of carboxylic acids is 4. The Hall–Kier alpha value is -0.895. The Morgan fingerprint density at radius 3 is 1.82 bits per heavy atom. The van der Waals surface area contributed by atoms with Crippen LogP contribution in [0.15, 0.2) is 69.9 Å². The van der Waals surface area contributed by atoms with E-state index in [-0.39, 0.29) is 275 Å². The Balaban J connectivity index is 0.00000465. The van der Waals surface area contributed by atoms with Crippen LogP contribution < -0.4 is 256 Å². The maximum atomic E-state index is 14.8. The van der Waals surface area contributed by atoms with Crippen LogP contribution in [0.3, 0.4) is 0 Å². The molecule has 0 radical (unpaired) electrons. The number of amides is 1. The summed E-state index contributed by atoms with van der Waals surface area (Å²) in [4.78, 5) is 72.3. The molecule has 0 fully saturated rings. The van der Waals surface area contributed by atoms with Crippen molar-refractivity contribution in [1.82, 2.24) is 5.32 Å². The molecule has 0 aromatic heterocycles. The Morgan fingerprint density at radius 1 is 0.705 bits per heavy atom. The van der Waals surface area contributed by atoms with Crippen molar-refractivity contribution in [2.24, 2.45) is 0 Å². The number of phenolic OH excluding ortho intramolecular Hbond substituents is 1. The van der Waals surface area contributed by atoms with Crippen LogP contribution in [0.2, 0.25) is 0 Å². The first-order chi connectivity index (χ1) is 27.0. The molecule has 2 N–H and O–H groups in total. The van der Waals surface area contributed by atoms with Crippen molar-refractivity contribution in [1.29, 1.82) is 0 Å². The van der Waals surface area contributed by atoms with E-state index in [0.29, 0.717) is 5.56 Å². The molecule has 2 aliphatic rings. The molecule has 1 heterocycles. The van der Waals surface area contributed by atoms with E-state index in [1.165, 1.54) is 43.4 Å². The molecule has 3 aromatic rings. The average molecular weight is 946 g/mol. The number of nitrogens with zero attached hydrogens (tertiary/aromatic N) is 2. The fourth-order valence-corrected chi connectivity index (χ4v) is 5.95. The minimum absolute atomic E-state index is 0. The van der Waals surface area contributed by atoms with Gasteiger partial charge in [-0.1, -0.05) is 12.1 Å². The molecule has 1 aliphatic heterocycles. The van der Waals surface area contributed by atoms with Gasteiger partial charge in [-0.05, 0) is 47.5 Å². The summed E-state index contributed by atoms with van der Waals surface area (Å²) in [5.41, 5.74) is -0.848. The van der Waals surface area contributed by atoms with Gasteiger partial charge in [0.15, 0.2) is 17.4 Å². The van der Waals surface area contributed by atoms with Crippen molar-refractivity contribution in [3.63, 3.8) is 0 Å². The van der Waals surface area contributed by atoms with Crippen molar-refractivity contribution in [3.8, 4) is 39.7 Å². The van der Waals surface area contributed by atoms with Crippen molar-refractivity contribution in [2.45, 2.75) is 6.42 Å². The zero-order valence-corrected chi connectivity index (χ0v) is 46.1. The molecule has 298 valence electrons. The smallest absolute Gasteiger partial charge is 0.548 e. The van der Waals surface area contributed by atoms with Gasteiger partial charge in [0.05, 0.1) is 67.9 Å². The number of likely N-dealkylation sites (N-methyl/N-ethyl adjacent to an activating group) is 1. The third-order valence-corrected chi connectivity index (χ3v) is 8.32. The Bertz CT molecular complexity index is 2410. The third kappa shape index (κ3) is 15.9. The normalized spacial score (nSPS) is 10.2. The number of halogens is 2. The van der Waals surface area contributed by atoms with Gasteiger partial charge >= 0.3 is 206 Å². The summed E-state index contributed by atoms with van der Waals surface area (Å²) in [6.07, 6.45) is -0.163. The molecular weight excluding hydrogens is 917 g/mol. The molecule has 3 aromatic carbocycles. The number of ether oxygens (including phenoxy) is 2. The first-order valence-electron chi connectivity index (χ1n) is 16.7. The second-order valence-electron chi connectivity index (χ2n) is 12.3. The molecule has 0 unspecified atom stereocenters. The van der Waals surface area contributed by atoms with Gasteiger partial charge in [-0.25, -0.2) is 8.78 Å². The average Bonchev–Trinajstić information content (AvgIpc) is 3.13. The van der Waals surface area contributed by atoms with Gasteiger partial charge in [-0.15, -0.1) is 0 Å². The zero-order valence-electron chi connectivity index (χ0n) is 33.6. The minimum atomic E-state index is -1.68. The van der Waals surface area contributed by atoms with Gasteiger partial charge < -0.3 is 73.7 Å². The molecule has 0 saturated heterocycles. The van der Waals surface area contributed by atoms with Gasteiger partial charge in [-0.3, -0.25) is 9.59 Å². The van der Waals surface area contributed by atoms with Gasteiger partial charge in [0.2, 0.25) is 11.3 Å². The number of aliphatic carboxylic acids is 4. The SMILES string of the molecule is CNC(=O)Cc1ccc(OCCOc2cc(-c3c4cc(F)c(=O)cc-4oc4cc(O)c(F)cc34)ccc2N(CC(=O)[O-])CC(=O)[O-])c(N(CC(=O)[O-])CC(=O)[O-])c1.[K+].[K+].[K+].[K+]. The molecule has 0 saturated carbocycles. The number of fused-ring (bicyclic) bond motifs is 2. The third-order valence-electron chi connectivity index (χ3n) is 8.32. The maximum absolute atomic E-state index is 14.8. The topological polar surface area (TPSA) is 265 Å². The van der Waals surface area contributed by atoms with E-state index in [0.717, 1.165) is 34.1 Å². The van der Waals surface area contributed by atoms with E-state index in [1.54, 1.807) is 0 Å². The molecule has 0 bridgehead atoms. The number of carboxylic acid groups (broad SMARTS) is 4. The van der Waals surface area contributed by atoms with Crippen LogP contribution >= 0.6 is 0 Å². The first kappa shape index (κ1) is 58.1. The maximum Gasteiger partial charge on any atom is 1.00 e. The van der Waals surface area contributed by atoms with Crippen LogP contribution in [-0.4, -0.2) is 81.3 Å². The van der Waals surface area contributed by atoms with Gasteiger partial charge in [0, 0.05) is 35.7 Å². The monoisotopic (exact) mass is 945 g/mol. The fraction of sp³-hybridized carbons (Fsp3) is 0.211.